The average molecular weight is 369 g/mol. The van der Waals surface area contributed by atoms with E-state index < -0.39 is 0 Å². The van der Waals surface area contributed by atoms with Crippen molar-refractivity contribution in [3.05, 3.63) is 39.7 Å². The van der Waals surface area contributed by atoms with Crippen LogP contribution in [-0.2, 0) is 6.54 Å². The molecule has 4 rings (SSSR count). The monoisotopic (exact) mass is 368 g/mol. The first-order valence-corrected chi connectivity index (χ1v) is 10.2. The molecule has 1 aliphatic carbocycles. The molecular formula is C23H32N2O2. The number of H-pyrrole nitrogens is 1. The lowest BCUT2D eigenvalue weighted by atomic mass is 9.65. The number of aromatic amines is 1. The Morgan fingerprint density at radius 3 is 2.78 bits per heavy atom. The minimum absolute atomic E-state index is 0.147. The largest absolute Gasteiger partial charge is 0.494 e. The molecule has 2 heterocycles. The molecule has 1 aromatic carbocycles. The molecule has 2 atom stereocenters. The van der Waals surface area contributed by atoms with Crippen molar-refractivity contribution in [2.24, 2.45) is 10.8 Å². The Hall–Kier alpha value is -1.81. The fourth-order valence-electron chi connectivity index (χ4n) is 5.84. The molecule has 0 amide bonds. The van der Waals surface area contributed by atoms with Crippen molar-refractivity contribution < 1.29 is 4.74 Å². The molecule has 2 aliphatic rings. The molecule has 2 fully saturated rings. The first-order valence-electron chi connectivity index (χ1n) is 10.2. The highest BCUT2D eigenvalue weighted by Crippen LogP contribution is 2.52. The van der Waals surface area contributed by atoms with E-state index in [1.54, 1.807) is 0 Å². The summed E-state index contributed by atoms with van der Waals surface area (Å²) in [7, 11) is 0. The minimum atomic E-state index is 0.147. The third kappa shape index (κ3) is 3.40. The number of nitrogens with zero attached hydrogens (tertiary/aromatic N) is 1. The molecule has 1 aliphatic heterocycles. The van der Waals surface area contributed by atoms with Crippen LogP contribution in [0.2, 0.25) is 0 Å². The fraction of sp³-hybridized carbons (Fsp3) is 0.609. The summed E-state index contributed by atoms with van der Waals surface area (Å²) in [4.78, 5) is 19.3. The van der Waals surface area contributed by atoms with E-state index in [4.69, 9.17) is 4.74 Å². The van der Waals surface area contributed by atoms with Crippen molar-refractivity contribution in [1.29, 1.82) is 0 Å². The molecule has 2 bridgehead atoms. The fourth-order valence-corrected chi connectivity index (χ4v) is 5.84. The third-order valence-corrected chi connectivity index (χ3v) is 6.48. The van der Waals surface area contributed by atoms with Crippen molar-refractivity contribution in [3.8, 4) is 5.75 Å². The smallest absolute Gasteiger partial charge is 0.194 e. The van der Waals surface area contributed by atoms with Gasteiger partial charge in [0.1, 0.15) is 5.75 Å². The summed E-state index contributed by atoms with van der Waals surface area (Å²) in [5.41, 5.74) is 3.70. The first kappa shape index (κ1) is 18.5. The van der Waals surface area contributed by atoms with Crippen LogP contribution >= 0.6 is 0 Å². The number of likely N-dealkylation sites (tertiary alicyclic amines) is 1. The first-order chi connectivity index (χ1) is 12.7. The lowest BCUT2D eigenvalue weighted by molar-refractivity contribution is 0.126. The zero-order chi connectivity index (χ0) is 19.4. The van der Waals surface area contributed by atoms with Gasteiger partial charge < -0.3 is 9.72 Å². The SMILES string of the molecule is CCOc1ccc2[nH]c(C)c(CN3CC4(C)CC3CC(C)(C)C4)c(=O)c2c1. The molecule has 0 radical (unpaired) electrons. The van der Waals surface area contributed by atoms with Crippen LogP contribution in [0.1, 0.15) is 58.2 Å². The van der Waals surface area contributed by atoms with Crippen molar-refractivity contribution in [3.63, 3.8) is 0 Å². The summed E-state index contributed by atoms with van der Waals surface area (Å²) in [6.45, 7) is 13.6. The lowest BCUT2D eigenvalue weighted by Gasteiger charge is -2.40. The van der Waals surface area contributed by atoms with Gasteiger partial charge in [0.15, 0.2) is 5.43 Å². The van der Waals surface area contributed by atoms with Crippen LogP contribution in [-0.4, -0.2) is 29.1 Å². The number of ether oxygens (including phenoxy) is 1. The third-order valence-electron chi connectivity index (χ3n) is 6.48. The molecule has 2 aromatic rings. The van der Waals surface area contributed by atoms with E-state index in [2.05, 4.69) is 30.7 Å². The van der Waals surface area contributed by atoms with E-state index in [0.717, 1.165) is 41.0 Å². The van der Waals surface area contributed by atoms with Crippen molar-refractivity contribution in [2.45, 2.75) is 66.5 Å². The Morgan fingerprint density at radius 1 is 1.26 bits per heavy atom. The number of fused-ring (bicyclic) bond motifs is 3. The molecule has 4 heteroatoms. The molecule has 1 saturated heterocycles. The van der Waals surface area contributed by atoms with Crippen LogP contribution in [0, 0.1) is 17.8 Å². The molecular weight excluding hydrogens is 336 g/mol. The number of aryl methyl sites for hydroxylation is 1. The Bertz CT molecular complexity index is 930. The molecule has 2 unspecified atom stereocenters. The topological polar surface area (TPSA) is 45.3 Å². The van der Waals surface area contributed by atoms with Gasteiger partial charge in [-0.25, -0.2) is 0 Å². The van der Waals surface area contributed by atoms with Gasteiger partial charge in [0.2, 0.25) is 0 Å². The summed E-state index contributed by atoms with van der Waals surface area (Å²) in [6.07, 6.45) is 3.76. The second-order valence-electron chi connectivity index (χ2n) is 9.82. The van der Waals surface area contributed by atoms with E-state index in [9.17, 15) is 4.79 Å². The standard InChI is InChI=1S/C23H32N2O2/c1-6-27-17-7-8-20-18(9-17)21(26)19(15(2)24-20)12-25-14-23(5)11-16(25)10-22(3,4)13-23/h7-9,16H,6,10-14H2,1-5H3,(H,24,26). The highest BCUT2D eigenvalue weighted by molar-refractivity contribution is 5.81. The summed E-state index contributed by atoms with van der Waals surface area (Å²) in [5.74, 6) is 0.761. The van der Waals surface area contributed by atoms with E-state index >= 15 is 0 Å². The van der Waals surface area contributed by atoms with Crippen molar-refractivity contribution in [2.75, 3.05) is 13.2 Å². The molecule has 1 aromatic heterocycles. The van der Waals surface area contributed by atoms with Crippen LogP contribution in [0.15, 0.2) is 23.0 Å². The van der Waals surface area contributed by atoms with Gasteiger partial charge >= 0.3 is 0 Å². The maximum atomic E-state index is 13.3. The minimum Gasteiger partial charge on any atom is -0.494 e. The molecule has 4 nitrogen and oxygen atoms in total. The quantitative estimate of drug-likeness (QED) is 0.855. The van der Waals surface area contributed by atoms with Gasteiger partial charge in [-0.2, -0.15) is 0 Å². The zero-order valence-corrected chi connectivity index (χ0v) is 17.3. The van der Waals surface area contributed by atoms with Gasteiger partial charge in [-0.15, -0.1) is 0 Å². The number of aromatic nitrogens is 1. The molecule has 1 saturated carbocycles. The van der Waals surface area contributed by atoms with Crippen LogP contribution in [0.4, 0.5) is 0 Å². The van der Waals surface area contributed by atoms with Gasteiger partial charge in [-0.05, 0) is 62.1 Å². The van der Waals surface area contributed by atoms with E-state index in [0.29, 0.717) is 23.5 Å². The molecule has 1 N–H and O–H groups in total. The average Bonchev–Trinajstić information content (AvgIpc) is 2.80. The maximum absolute atomic E-state index is 13.3. The second kappa shape index (κ2) is 6.37. The highest BCUT2D eigenvalue weighted by Gasteiger charge is 2.49. The Kier molecular flexibility index (Phi) is 4.38. The van der Waals surface area contributed by atoms with Gasteiger partial charge in [0.25, 0.3) is 0 Å². The maximum Gasteiger partial charge on any atom is 0.194 e. The summed E-state index contributed by atoms with van der Waals surface area (Å²) in [6, 6.07) is 6.34. The number of hydrogen-bond acceptors (Lipinski definition) is 3. The Labute approximate surface area is 161 Å². The Morgan fingerprint density at radius 2 is 2.04 bits per heavy atom. The predicted octanol–water partition coefficient (Wildman–Crippen LogP) is 4.64. The number of pyridine rings is 1. The van der Waals surface area contributed by atoms with Gasteiger partial charge in [-0.1, -0.05) is 20.8 Å². The number of rotatable bonds is 4. The normalized spacial score (nSPS) is 27.2. The van der Waals surface area contributed by atoms with Crippen LogP contribution in [0.3, 0.4) is 0 Å². The highest BCUT2D eigenvalue weighted by atomic mass is 16.5. The van der Waals surface area contributed by atoms with Gasteiger partial charge in [-0.3, -0.25) is 9.69 Å². The van der Waals surface area contributed by atoms with E-state index in [-0.39, 0.29) is 5.43 Å². The number of nitrogens with one attached hydrogen (secondary N) is 1. The van der Waals surface area contributed by atoms with Crippen LogP contribution in [0.5, 0.6) is 5.75 Å². The molecule has 27 heavy (non-hydrogen) atoms. The van der Waals surface area contributed by atoms with Crippen LogP contribution < -0.4 is 10.2 Å². The zero-order valence-electron chi connectivity index (χ0n) is 17.3. The summed E-state index contributed by atoms with van der Waals surface area (Å²) < 4.78 is 5.60. The number of benzene rings is 1. The van der Waals surface area contributed by atoms with E-state index in [1.807, 2.05) is 32.0 Å². The van der Waals surface area contributed by atoms with Gasteiger partial charge in [0, 0.05) is 41.3 Å². The van der Waals surface area contributed by atoms with Crippen LogP contribution in [0.25, 0.3) is 10.9 Å². The molecule has 146 valence electrons. The second-order valence-corrected chi connectivity index (χ2v) is 9.82. The lowest BCUT2D eigenvalue weighted by Crippen LogP contribution is -2.35. The van der Waals surface area contributed by atoms with Crippen molar-refractivity contribution >= 4 is 10.9 Å². The number of hydrogen-bond donors (Lipinski definition) is 1. The van der Waals surface area contributed by atoms with E-state index in [1.165, 1.54) is 19.3 Å². The Balaban J connectivity index is 1.69. The van der Waals surface area contributed by atoms with Crippen molar-refractivity contribution in [1.82, 2.24) is 9.88 Å². The summed E-state index contributed by atoms with van der Waals surface area (Å²) in [5, 5.41) is 0.732. The predicted molar refractivity (Wildman–Crippen MR) is 110 cm³/mol. The summed E-state index contributed by atoms with van der Waals surface area (Å²) >= 11 is 0. The van der Waals surface area contributed by atoms with Gasteiger partial charge in [0.05, 0.1) is 6.61 Å². The molecule has 0 spiro atoms.